The first-order valence-corrected chi connectivity index (χ1v) is 12.9. The summed E-state index contributed by atoms with van der Waals surface area (Å²) in [6.07, 6.45) is -0.301. The minimum atomic E-state index is -1.16. The molecule has 0 unspecified atom stereocenters. The van der Waals surface area contributed by atoms with Crippen LogP contribution in [0.4, 0.5) is 5.69 Å². The lowest BCUT2D eigenvalue weighted by Crippen LogP contribution is -2.44. The standard InChI is InChI=1S/C28H30N2O5S/c1-29(14-13-19-7-12-23-24(17-19)35-18-34-23)15-16-30-22-5-3-4-6-25(22)36-27(26(31)28(30)32)20-8-10-21(33-2)11-9-20/h3-12,17,26-27,31H,13-16,18H2,1-2H3/t26-,27+/m1/s1. The minimum Gasteiger partial charge on any atom is -0.497 e. The molecule has 2 aliphatic heterocycles. The number of hydrogen-bond donors (Lipinski definition) is 1. The number of amides is 1. The van der Waals surface area contributed by atoms with Gasteiger partial charge < -0.3 is 29.1 Å². The fraction of sp³-hybridized carbons (Fsp3) is 0.321. The first kappa shape index (κ1) is 24.5. The van der Waals surface area contributed by atoms with Crippen molar-refractivity contribution in [3.8, 4) is 17.2 Å². The fourth-order valence-electron chi connectivity index (χ4n) is 4.46. The third-order valence-corrected chi connectivity index (χ3v) is 7.97. The molecule has 0 saturated heterocycles. The summed E-state index contributed by atoms with van der Waals surface area (Å²) in [6.45, 7) is 2.26. The number of aliphatic hydroxyl groups excluding tert-OH is 1. The van der Waals surface area contributed by atoms with Crippen LogP contribution in [0.2, 0.25) is 0 Å². The second-order valence-electron chi connectivity index (χ2n) is 8.95. The van der Waals surface area contributed by atoms with Crippen molar-refractivity contribution in [2.45, 2.75) is 22.7 Å². The average Bonchev–Trinajstić information content (AvgIpc) is 3.35. The Bertz CT molecular complexity index is 1220. The monoisotopic (exact) mass is 506 g/mol. The zero-order chi connectivity index (χ0) is 25.1. The molecule has 2 heterocycles. The van der Waals surface area contributed by atoms with Crippen LogP contribution in [0.15, 0.2) is 71.6 Å². The maximum atomic E-state index is 13.5. The summed E-state index contributed by atoms with van der Waals surface area (Å²) in [4.78, 5) is 18.4. The number of anilines is 1. The molecule has 0 fully saturated rings. The van der Waals surface area contributed by atoms with Crippen molar-refractivity contribution in [1.29, 1.82) is 0 Å². The van der Waals surface area contributed by atoms with Gasteiger partial charge in [0.1, 0.15) is 11.9 Å². The number of ether oxygens (including phenoxy) is 3. The number of methoxy groups -OCH3 is 1. The van der Waals surface area contributed by atoms with Crippen molar-refractivity contribution in [1.82, 2.24) is 4.90 Å². The summed E-state index contributed by atoms with van der Waals surface area (Å²) < 4.78 is 16.1. The second kappa shape index (κ2) is 10.8. The molecule has 5 rings (SSSR count). The van der Waals surface area contributed by atoms with Gasteiger partial charge in [-0.25, -0.2) is 0 Å². The topological polar surface area (TPSA) is 71.5 Å². The van der Waals surface area contributed by atoms with E-state index in [0.29, 0.717) is 13.1 Å². The quantitative estimate of drug-likeness (QED) is 0.492. The van der Waals surface area contributed by atoms with Gasteiger partial charge in [-0.1, -0.05) is 30.3 Å². The number of aliphatic hydroxyl groups is 1. The van der Waals surface area contributed by atoms with Crippen molar-refractivity contribution < 1.29 is 24.1 Å². The first-order valence-electron chi connectivity index (χ1n) is 12.0. The summed E-state index contributed by atoms with van der Waals surface area (Å²) in [7, 11) is 3.67. The predicted molar refractivity (Wildman–Crippen MR) is 140 cm³/mol. The number of nitrogens with zero attached hydrogens (tertiary/aromatic N) is 2. The molecule has 2 atom stereocenters. The maximum Gasteiger partial charge on any atom is 0.257 e. The van der Waals surface area contributed by atoms with E-state index in [-0.39, 0.29) is 12.7 Å². The fourth-order valence-corrected chi connectivity index (χ4v) is 5.73. The molecular formula is C28H30N2O5S. The molecule has 188 valence electrons. The molecule has 3 aromatic carbocycles. The van der Waals surface area contributed by atoms with Crippen LogP contribution in [0, 0.1) is 0 Å². The van der Waals surface area contributed by atoms with E-state index < -0.39 is 11.4 Å². The summed E-state index contributed by atoms with van der Waals surface area (Å²) >= 11 is 1.52. The zero-order valence-electron chi connectivity index (χ0n) is 20.4. The molecule has 7 nitrogen and oxygen atoms in total. The zero-order valence-corrected chi connectivity index (χ0v) is 21.2. The van der Waals surface area contributed by atoms with Crippen LogP contribution < -0.4 is 19.1 Å². The van der Waals surface area contributed by atoms with E-state index in [1.54, 1.807) is 12.0 Å². The number of hydrogen-bond acceptors (Lipinski definition) is 7. The molecule has 0 aromatic heterocycles. The van der Waals surface area contributed by atoms with Gasteiger partial charge in [-0.3, -0.25) is 4.79 Å². The molecule has 36 heavy (non-hydrogen) atoms. The Morgan fingerprint density at radius 3 is 2.64 bits per heavy atom. The molecule has 2 aliphatic rings. The Kier molecular flexibility index (Phi) is 7.36. The summed E-state index contributed by atoms with van der Waals surface area (Å²) in [5.74, 6) is 2.04. The average molecular weight is 507 g/mol. The van der Waals surface area contributed by atoms with Crippen LogP contribution in [0.3, 0.4) is 0 Å². The van der Waals surface area contributed by atoms with E-state index >= 15 is 0 Å². The van der Waals surface area contributed by atoms with E-state index in [1.165, 1.54) is 17.3 Å². The van der Waals surface area contributed by atoms with Gasteiger partial charge in [-0.05, 0) is 61.0 Å². The van der Waals surface area contributed by atoms with E-state index in [4.69, 9.17) is 14.2 Å². The van der Waals surface area contributed by atoms with Crippen molar-refractivity contribution in [3.05, 3.63) is 77.9 Å². The third-order valence-electron chi connectivity index (χ3n) is 6.58. The van der Waals surface area contributed by atoms with Crippen molar-refractivity contribution in [2.75, 3.05) is 45.5 Å². The summed E-state index contributed by atoms with van der Waals surface area (Å²) in [5, 5.41) is 10.8. The lowest BCUT2D eigenvalue weighted by atomic mass is 10.1. The highest BCUT2D eigenvalue weighted by Gasteiger charge is 2.37. The number of thioether (sulfide) groups is 1. The van der Waals surface area contributed by atoms with Crippen LogP contribution in [0.25, 0.3) is 0 Å². The summed E-state index contributed by atoms with van der Waals surface area (Å²) in [6, 6.07) is 21.4. The Morgan fingerprint density at radius 1 is 1.06 bits per heavy atom. The highest BCUT2D eigenvalue weighted by molar-refractivity contribution is 7.99. The Morgan fingerprint density at radius 2 is 1.83 bits per heavy atom. The SMILES string of the molecule is COc1ccc([C@@H]2Sc3ccccc3N(CCN(C)CCc3ccc4c(c3)OCO4)C(=O)[C@@H]2O)cc1. The largest absolute Gasteiger partial charge is 0.497 e. The maximum absolute atomic E-state index is 13.5. The minimum absolute atomic E-state index is 0.271. The molecule has 8 heteroatoms. The highest BCUT2D eigenvalue weighted by atomic mass is 32.2. The summed E-state index contributed by atoms with van der Waals surface area (Å²) in [5.41, 5.74) is 2.90. The van der Waals surface area contributed by atoms with E-state index in [1.807, 2.05) is 67.7 Å². The first-order chi connectivity index (χ1) is 17.5. The molecule has 0 spiro atoms. The van der Waals surface area contributed by atoms with Gasteiger partial charge >= 0.3 is 0 Å². The smallest absolute Gasteiger partial charge is 0.257 e. The normalized spacial score (nSPS) is 18.8. The van der Waals surface area contributed by atoms with Crippen molar-refractivity contribution in [3.63, 3.8) is 0 Å². The Hall–Kier alpha value is -3.20. The number of likely N-dealkylation sites (N-methyl/N-ethyl adjacent to an activating group) is 1. The highest BCUT2D eigenvalue weighted by Crippen LogP contribution is 2.45. The number of fused-ring (bicyclic) bond motifs is 2. The van der Waals surface area contributed by atoms with Gasteiger partial charge in [0.15, 0.2) is 11.5 Å². The van der Waals surface area contributed by atoms with Crippen LogP contribution in [-0.4, -0.2) is 62.6 Å². The third kappa shape index (κ3) is 5.16. The van der Waals surface area contributed by atoms with Crippen LogP contribution in [-0.2, 0) is 11.2 Å². The van der Waals surface area contributed by atoms with Gasteiger partial charge in [-0.15, -0.1) is 11.8 Å². The molecular weight excluding hydrogens is 476 g/mol. The molecule has 0 aliphatic carbocycles. The van der Waals surface area contributed by atoms with E-state index in [0.717, 1.165) is 46.4 Å². The van der Waals surface area contributed by atoms with Gasteiger partial charge in [0.05, 0.1) is 18.0 Å². The molecule has 1 amide bonds. The Labute approximate surface area is 215 Å². The predicted octanol–water partition coefficient (Wildman–Crippen LogP) is 4.14. The van der Waals surface area contributed by atoms with Crippen LogP contribution in [0.5, 0.6) is 17.2 Å². The molecule has 3 aromatic rings. The molecule has 0 saturated carbocycles. The Balaban J connectivity index is 1.27. The molecule has 1 N–H and O–H groups in total. The van der Waals surface area contributed by atoms with E-state index in [9.17, 15) is 9.90 Å². The number of carbonyl (C=O) groups excluding carboxylic acids is 1. The number of benzene rings is 3. The second-order valence-corrected chi connectivity index (χ2v) is 10.1. The van der Waals surface area contributed by atoms with Crippen molar-refractivity contribution in [2.24, 2.45) is 0 Å². The molecule has 0 bridgehead atoms. The van der Waals surface area contributed by atoms with Gasteiger partial charge in [0.2, 0.25) is 6.79 Å². The number of para-hydroxylation sites is 1. The lowest BCUT2D eigenvalue weighted by Gasteiger charge is -2.27. The van der Waals surface area contributed by atoms with Gasteiger partial charge in [-0.2, -0.15) is 0 Å². The number of carbonyl (C=O) groups is 1. The van der Waals surface area contributed by atoms with Gasteiger partial charge in [0.25, 0.3) is 5.91 Å². The molecule has 0 radical (unpaired) electrons. The number of rotatable bonds is 8. The van der Waals surface area contributed by atoms with E-state index in [2.05, 4.69) is 11.0 Å². The van der Waals surface area contributed by atoms with Crippen LogP contribution in [0.1, 0.15) is 16.4 Å². The lowest BCUT2D eigenvalue weighted by molar-refractivity contribution is -0.126. The van der Waals surface area contributed by atoms with Crippen LogP contribution >= 0.6 is 11.8 Å². The van der Waals surface area contributed by atoms with Crippen molar-refractivity contribution >= 4 is 23.4 Å². The van der Waals surface area contributed by atoms with Gasteiger partial charge in [0, 0.05) is 24.5 Å².